The summed E-state index contributed by atoms with van der Waals surface area (Å²) in [4.78, 5) is 0. The second-order valence-corrected chi connectivity index (χ2v) is 7.61. The predicted octanol–water partition coefficient (Wildman–Crippen LogP) is 3.03. The third-order valence-electron chi connectivity index (χ3n) is 4.14. The molecule has 0 atom stereocenters. The van der Waals surface area contributed by atoms with E-state index in [4.69, 9.17) is 0 Å². The van der Waals surface area contributed by atoms with Gasteiger partial charge in [0.15, 0.2) is 0 Å². The summed E-state index contributed by atoms with van der Waals surface area (Å²) < 4.78 is 64.7. The van der Waals surface area contributed by atoms with Gasteiger partial charge in [-0.3, -0.25) is 0 Å². The van der Waals surface area contributed by atoms with Gasteiger partial charge in [0.1, 0.15) is 0 Å². The van der Waals surface area contributed by atoms with Crippen LogP contribution < -0.4 is 0 Å². The predicted molar refractivity (Wildman–Crippen MR) is 68.2 cm³/mol. The largest absolute Gasteiger partial charge is 0.394 e. The number of hydrogen-bond donors (Lipinski definition) is 0. The monoisotopic (exact) mass is 301 g/mol. The van der Waals surface area contributed by atoms with Gasteiger partial charge in [0.05, 0.1) is 11.2 Å². The molecule has 0 aliphatic carbocycles. The van der Waals surface area contributed by atoms with Crippen molar-refractivity contribution in [1.29, 1.82) is 0 Å². The Hall–Kier alpha value is -0.300. The van der Waals surface area contributed by atoms with Gasteiger partial charge >= 0.3 is 6.18 Å². The summed E-state index contributed by atoms with van der Waals surface area (Å²) in [7, 11) is -3.39. The van der Waals surface area contributed by atoms with Gasteiger partial charge in [-0.25, -0.2) is 12.7 Å². The molecule has 1 fully saturated rings. The zero-order chi connectivity index (χ0) is 14.9. The lowest BCUT2D eigenvalue weighted by Gasteiger charge is -2.45. The first-order chi connectivity index (χ1) is 8.57. The highest BCUT2D eigenvalue weighted by Gasteiger charge is 2.57. The molecule has 19 heavy (non-hydrogen) atoms. The quantitative estimate of drug-likeness (QED) is 0.800. The van der Waals surface area contributed by atoms with Crippen LogP contribution >= 0.6 is 0 Å². The van der Waals surface area contributed by atoms with Crippen LogP contribution in [0, 0.1) is 11.3 Å². The summed E-state index contributed by atoms with van der Waals surface area (Å²) in [6, 6.07) is 0. The number of alkyl halides is 3. The smallest absolute Gasteiger partial charge is 0.212 e. The highest BCUT2D eigenvalue weighted by molar-refractivity contribution is 7.89. The molecule has 1 aliphatic rings. The normalized spacial score (nSPS) is 21.8. The number of piperidine rings is 1. The summed E-state index contributed by atoms with van der Waals surface area (Å²) in [6.45, 7) is 4.81. The Balaban J connectivity index is 2.86. The molecule has 1 rings (SSSR count). The van der Waals surface area contributed by atoms with Gasteiger partial charge in [0, 0.05) is 13.1 Å². The number of hydrogen-bond acceptors (Lipinski definition) is 2. The number of nitrogens with zero attached hydrogens (tertiary/aromatic N) is 1. The fraction of sp³-hybridized carbons (Fsp3) is 1.00. The van der Waals surface area contributed by atoms with Crippen molar-refractivity contribution < 1.29 is 21.6 Å². The Morgan fingerprint density at radius 3 is 2.00 bits per heavy atom. The first-order valence-corrected chi connectivity index (χ1v) is 8.22. The van der Waals surface area contributed by atoms with Crippen LogP contribution in [0.5, 0.6) is 0 Å². The molecule has 1 saturated heterocycles. The van der Waals surface area contributed by atoms with Crippen LogP contribution in [0.25, 0.3) is 0 Å². The molecule has 0 spiro atoms. The lowest BCUT2D eigenvalue weighted by molar-refractivity contribution is -0.251. The van der Waals surface area contributed by atoms with Crippen molar-refractivity contribution in [3.8, 4) is 0 Å². The lowest BCUT2D eigenvalue weighted by atomic mass is 9.70. The Morgan fingerprint density at radius 1 is 1.21 bits per heavy atom. The van der Waals surface area contributed by atoms with E-state index in [0.29, 0.717) is 6.42 Å². The third-order valence-corrected chi connectivity index (χ3v) is 6.22. The highest BCUT2D eigenvalue weighted by Crippen LogP contribution is 2.51. The van der Waals surface area contributed by atoms with E-state index in [-0.39, 0.29) is 31.7 Å². The molecule has 0 radical (unpaired) electrons. The van der Waals surface area contributed by atoms with Crippen molar-refractivity contribution in [3.63, 3.8) is 0 Å². The molecule has 0 amide bonds. The molecule has 1 heterocycles. The number of sulfonamides is 1. The molecule has 1 aliphatic heterocycles. The van der Waals surface area contributed by atoms with Crippen molar-refractivity contribution >= 4 is 10.0 Å². The van der Waals surface area contributed by atoms with E-state index < -0.39 is 27.5 Å². The lowest BCUT2D eigenvalue weighted by Crippen LogP contribution is -2.52. The third kappa shape index (κ3) is 3.24. The second-order valence-electron chi connectivity index (χ2n) is 5.52. The van der Waals surface area contributed by atoms with Crippen molar-refractivity contribution in [2.75, 3.05) is 18.8 Å². The SMILES string of the molecule is CCCS(=O)(=O)N1CCC(C(C)C)(C(F)(F)F)CC1. The van der Waals surface area contributed by atoms with E-state index in [1.165, 1.54) is 4.31 Å². The summed E-state index contributed by atoms with van der Waals surface area (Å²) in [5.74, 6) is -0.531. The fourth-order valence-electron chi connectivity index (χ4n) is 2.74. The van der Waals surface area contributed by atoms with Crippen molar-refractivity contribution in [2.45, 2.75) is 46.2 Å². The van der Waals surface area contributed by atoms with Crippen LogP contribution in [0.1, 0.15) is 40.0 Å². The average Bonchev–Trinajstić information content (AvgIpc) is 2.27. The highest BCUT2D eigenvalue weighted by atomic mass is 32.2. The molecule has 0 unspecified atom stereocenters. The van der Waals surface area contributed by atoms with E-state index in [2.05, 4.69) is 0 Å². The molecule has 0 aromatic heterocycles. The molecule has 0 bridgehead atoms. The standard InChI is InChI=1S/C12H22F3NO2S/c1-4-9-19(17,18)16-7-5-11(6-8-16,10(2)3)12(13,14)15/h10H,4-9H2,1-3H3. The first-order valence-electron chi connectivity index (χ1n) is 6.61. The molecule has 0 aromatic rings. The maximum atomic E-state index is 13.3. The van der Waals surface area contributed by atoms with Crippen LogP contribution in [0.4, 0.5) is 13.2 Å². The van der Waals surface area contributed by atoms with Crippen LogP contribution in [-0.2, 0) is 10.0 Å². The Labute approximate surface area is 113 Å². The molecule has 0 saturated carbocycles. The maximum Gasteiger partial charge on any atom is 0.394 e. The van der Waals surface area contributed by atoms with E-state index in [1.54, 1.807) is 20.8 Å². The fourth-order valence-corrected chi connectivity index (χ4v) is 4.25. The van der Waals surface area contributed by atoms with Gasteiger partial charge in [-0.1, -0.05) is 20.8 Å². The summed E-state index contributed by atoms with van der Waals surface area (Å²) in [5.41, 5.74) is -1.74. The van der Waals surface area contributed by atoms with Gasteiger partial charge in [-0.05, 0) is 25.2 Å². The molecular formula is C12H22F3NO2S. The maximum absolute atomic E-state index is 13.3. The van der Waals surface area contributed by atoms with E-state index >= 15 is 0 Å². The number of rotatable bonds is 4. The second kappa shape index (κ2) is 5.60. The van der Waals surface area contributed by atoms with Crippen LogP contribution in [0.2, 0.25) is 0 Å². The molecule has 3 nitrogen and oxygen atoms in total. The summed E-state index contributed by atoms with van der Waals surface area (Å²) >= 11 is 0. The van der Waals surface area contributed by atoms with Crippen LogP contribution in [0.3, 0.4) is 0 Å². The molecule has 0 aromatic carbocycles. The molecular weight excluding hydrogens is 279 g/mol. The van der Waals surface area contributed by atoms with E-state index in [9.17, 15) is 21.6 Å². The van der Waals surface area contributed by atoms with E-state index in [0.717, 1.165) is 0 Å². The molecule has 114 valence electrons. The number of halogens is 3. The topological polar surface area (TPSA) is 37.4 Å². The minimum atomic E-state index is -4.28. The Morgan fingerprint density at radius 2 is 1.68 bits per heavy atom. The van der Waals surface area contributed by atoms with Gasteiger partial charge in [0.2, 0.25) is 10.0 Å². The van der Waals surface area contributed by atoms with Crippen molar-refractivity contribution in [1.82, 2.24) is 4.31 Å². The minimum Gasteiger partial charge on any atom is -0.212 e. The van der Waals surface area contributed by atoms with Crippen molar-refractivity contribution in [3.05, 3.63) is 0 Å². The van der Waals surface area contributed by atoms with Gasteiger partial charge in [0.25, 0.3) is 0 Å². The zero-order valence-corrected chi connectivity index (χ0v) is 12.4. The summed E-state index contributed by atoms with van der Waals surface area (Å²) in [5, 5.41) is 0. The Kier molecular flexibility index (Phi) is 4.93. The minimum absolute atomic E-state index is 0.00764. The van der Waals surface area contributed by atoms with Gasteiger partial charge < -0.3 is 0 Å². The van der Waals surface area contributed by atoms with Crippen molar-refractivity contribution in [2.24, 2.45) is 11.3 Å². The summed E-state index contributed by atoms with van der Waals surface area (Å²) in [6.07, 6.45) is -4.08. The average molecular weight is 301 g/mol. The van der Waals surface area contributed by atoms with Crippen LogP contribution in [0.15, 0.2) is 0 Å². The van der Waals surface area contributed by atoms with Gasteiger partial charge in [-0.15, -0.1) is 0 Å². The first kappa shape index (κ1) is 16.8. The molecule has 0 N–H and O–H groups in total. The van der Waals surface area contributed by atoms with E-state index in [1.807, 2.05) is 0 Å². The zero-order valence-electron chi connectivity index (χ0n) is 11.6. The van der Waals surface area contributed by atoms with Gasteiger partial charge in [-0.2, -0.15) is 13.2 Å². The Bertz CT molecular complexity index is 396. The molecule has 7 heteroatoms. The van der Waals surface area contributed by atoms with Crippen LogP contribution in [-0.4, -0.2) is 37.7 Å².